The van der Waals surface area contributed by atoms with Crippen LogP contribution in [0, 0.1) is 6.92 Å². The van der Waals surface area contributed by atoms with Crippen LogP contribution in [0.25, 0.3) is 0 Å². The number of benzene rings is 2. The standard InChI is InChI=1S/C17H17NOS/c1-13-6-8-16(9-7-13)20-12-17(19)18-10-14-4-2-3-5-15(14)11-18/h2-9H,10-12H2,1H3. The molecule has 3 heteroatoms. The van der Waals surface area contributed by atoms with Gasteiger partial charge in [-0.05, 0) is 30.2 Å². The molecule has 0 bridgehead atoms. The van der Waals surface area contributed by atoms with Gasteiger partial charge in [-0.25, -0.2) is 0 Å². The maximum atomic E-state index is 12.3. The average molecular weight is 283 g/mol. The van der Waals surface area contributed by atoms with E-state index in [1.54, 1.807) is 11.8 Å². The number of fused-ring (bicyclic) bond motifs is 1. The Morgan fingerprint density at radius 1 is 1.05 bits per heavy atom. The van der Waals surface area contributed by atoms with Crippen LogP contribution in [-0.2, 0) is 17.9 Å². The monoisotopic (exact) mass is 283 g/mol. The normalized spacial score (nSPS) is 13.3. The van der Waals surface area contributed by atoms with Gasteiger partial charge in [0.05, 0.1) is 5.75 Å². The van der Waals surface area contributed by atoms with E-state index in [0.29, 0.717) is 5.75 Å². The van der Waals surface area contributed by atoms with Crippen LogP contribution in [0.3, 0.4) is 0 Å². The highest BCUT2D eigenvalue weighted by Crippen LogP contribution is 2.24. The first kappa shape index (κ1) is 13.3. The van der Waals surface area contributed by atoms with Crippen LogP contribution in [0.5, 0.6) is 0 Å². The first-order valence-electron chi connectivity index (χ1n) is 6.76. The Hall–Kier alpha value is -1.74. The summed E-state index contributed by atoms with van der Waals surface area (Å²) in [6.07, 6.45) is 0. The zero-order chi connectivity index (χ0) is 13.9. The van der Waals surface area contributed by atoms with Gasteiger partial charge >= 0.3 is 0 Å². The highest BCUT2D eigenvalue weighted by Gasteiger charge is 2.22. The van der Waals surface area contributed by atoms with Crippen molar-refractivity contribution in [1.82, 2.24) is 4.90 Å². The van der Waals surface area contributed by atoms with E-state index in [4.69, 9.17) is 0 Å². The fourth-order valence-corrected chi connectivity index (χ4v) is 3.18. The summed E-state index contributed by atoms with van der Waals surface area (Å²) in [5, 5.41) is 0. The van der Waals surface area contributed by atoms with Crippen LogP contribution >= 0.6 is 11.8 Å². The van der Waals surface area contributed by atoms with Crippen molar-refractivity contribution in [3.05, 3.63) is 65.2 Å². The second-order valence-corrected chi connectivity index (χ2v) is 6.17. The molecule has 102 valence electrons. The summed E-state index contributed by atoms with van der Waals surface area (Å²) in [5.74, 6) is 0.726. The summed E-state index contributed by atoms with van der Waals surface area (Å²) in [5.41, 5.74) is 3.80. The third kappa shape index (κ3) is 2.88. The Balaban J connectivity index is 1.57. The van der Waals surface area contributed by atoms with Crippen LogP contribution < -0.4 is 0 Å². The molecule has 0 fully saturated rings. The Kier molecular flexibility index (Phi) is 3.79. The first-order chi connectivity index (χ1) is 9.72. The third-order valence-corrected chi connectivity index (χ3v) is 4.57. The molecule has 0 N–H and O–H groups in total. The number of hydrogen-bond donors (Lipinski definition) is 0. The zero-order valence-corrected chi connectivity index (χ0v) is 12.3. The molecule has 1 amide bonds. The fraction of sp³-hybridized carbons (Fsp3) is 0.235. The quantitative estimate of drug-likeness (QED) is 0.802. The molecule has 0 radical (unpaired) electrons. The Labute approximate surface area is 123 Å². The smallest absolute Gasteiger partial charge is 0.233 e. The molecule has 0 aliphatic carbocycles. The van der Waals surface area contributed by atoms with Gasteiger partial charge in [-0.3, -0.25) is 4.79 Å². The van der Waals surface area contributed by atoms with Gasteiger partial charge in [0, 0.05) is 18.0 Å². The van der Waals surface area contributed by atoms with E-state index in [2.05, 4.69) is 43.3 Å². The minimum absolute atomic E-state index is 0.215. The molecule has 0 unspecified atom stereocenters. The maximum absolute atomic E-state index is 12.3. The number of thioether (sulfide) groups is 1. The molecule has 2 aromatic rings. The molecule has 2 nitrogen and oxygen atoms in total. The van der Waals surface area contributed by atoms with Gasteiger partial charge in [0.25, 0.3) is 0 Å². The molecule has 1 aliphatic rings. The van der Waals surface area contributed by atoms with Crippen molar-refractivity contribution in [1.29, 1.82) is 0 Å². The molecule has 0 spiro atoms. The number of aryl methyl sites for hydroxylation is 1. The highest BCUT2D eigenvalue weighted by atomic mass is 32.2. The van der Waals surface area contributed by atoms with Crippen LogP contribution in [0.1, 0.15) is 16.7 Å². The Morgan fingerprint density at radius 2 is 1.65 bits per heavy atom. The molecule has 0 saturated heterocycles. The maximum Gasteiger partial charge on any atom is 0.233 e. The van der Waals surface area contributed by atoms with Crippen molar-refractivity contribution in [3.8, 4) is 0 Å². The summed E-state index contributed by atoms with van der Waals surface area (Å²) in [6, 6.07) is 16.6. The third-order valence-electron chi connectivity index (χ3n) is 3.58. The predicted molar refractivity (Wildman–Crippen MR) is 82.6 cm³/mol. The van der Waals surface area contributed by atoms with E-state index >= 15 is 0 Å². The molecule has 0 atom stereocenters. The summed E-state index contributed by atoms with van der Waals surface area (Å²) >= 11 is 1.61. The van der Waals surface area contributed by atoms with Crippen LogP contribution in [0.2, 0.25) is 0 Å². The summed E-state index contributed by atoms with van der Waals surface area (Å²) < 4.78 is 0. The highest BCUT2D eigenvalue weighted by molar-refractivity contribution is 8.00. The van der Waals surface area contributed by atoms with Crippen molar-refractivity contribution < 1.29 is 4.79 Å². The van der Waals surface area contributed by atoms with Crippen molar-refractivity contribution in [3.63, 3.8) is 0 Å². The number of carbonyl (C=O) groups is 1. The summed E-state index contributed by atoms with van der Waals surface area (Å²) in [4.78, 5) is 15.3. The van der Waals surface area contributed by atoms with Gasteiger partial charge in [0.2, 0.25) is 5.91 Å². The van der Waals surface area contributed by atoms with Crippen LogP contribution in [0.4, 0.5) is 0 Å². The zero-order valence-electron chi connectivity index (χ0n) is 11.5. The second kappa shape index (κ2) is 5.71. The van der Waals surface area contributed by atoms with Crippen LogP contribution in [-0.4, -0.2) is 16.6 Å². The van der Waals surface area contributed by atoms with Gasteiger partial charge in [0.15, 0.2) is 0 Å². The summed E-state index contributed by atoms with van der Waals surface area (Å²) in [7, 11) is 0. The molecular formula is C17H17NOS. The van der Waals surface area contributed by atoms with E-state index in [0.717, 1.165) is 18.0 Å². The summed E-state index contributed by atoms with van der Waals surface area (Å²) in [6.45, 7) is 3.58. The number of amides is 1. The number of hydrogen-bond acceptors (Lipinski definition) is 2. The first-order valence-corrected chi connectivity index (χ1v) is 7.75. The minimum atomic E-state index is 0.215. The number of nitrogens with zero attached hydrogens (tertiary/aromatic N) is 1. The molecular weight excluding hydrogens is 266 g/mol. The van der Waals surface area contributed by atoms with Gasteiger partial charge < -0.3 is 4.90 Å². The van der Waals surface area contributed by atoms with Crippen molar-refractivity contribution in [2.24, 2.45) is 0 Å². The van der Waals surface area contributed by atoms with E-state index in [1.807, 2.05) is 17.0 Å². The van der Waals surface area contributed by atoms with Crippen molar-refractivity contribution in [2.45, 2.75) is 24.9 Å². The van der Waals surface area contributed by atoms with Gasteiger partial charge in [-0.1, -0.05) is 42.0 Å². The SMILES string of the molecule is Cc1ccc(SCC(=O)N2Cc3ccccc3C2)cc1. The van der Waals surface area contributed by atoms with E-state index < -0.39 is 0 Å². The van der Waals surface area contributed by atoms with Crippen molar-refractivity contribution >= 4 is 17.7 Å². The van der Waals surface area contributed by atoms with Gasteiger partial charge in [-0.2, -0.15) is 0 Å². The number of rotatable bonds is 3. The second-order valence-electron chi connectivity index (χ2n) is 5.12. The molecule has 3 rings (SSSR count). The van der Waals surface area contributed by atoms with Crippen LogP contribution in [0.15, 0.2) is 53.4 Å². The van der Waals surface area contributed by atoms with Crippen molar-refractivity contribution in [2.75, 3.05) is 5.75 Å². The molecule has 20 heavy (non-hydrogen) atoms. The average Bonchev–Trinajstić information content (AvgIpc) is 2.90. The lowest BCUT2D eigenvalue weighted by molar-refractivity contribution is -0.128. The fourth-order valence-electron chi connectivity index (χ4n) is 2.38. The molecule has 1 heterocycles. The van der Waals surface area contributed by atoms with Gasteiger partial charge in [-0.15, -0.1) is 11.8 Å². The lowest BCUT2D eigenvalue weighted by Crippen LogP contribution is -2.26. The van der Waals surface area contributed by atoms with E-state index in [9.17, 15) is 4.79 Å². The topological polar surface area (TPSA) is 20.3 Å². The van der Waals surface area contributed by atoms with E-state index in [-0.39, 0.29) is 5.91 Å². The minimum Gasteiger partial charge on any atom is -0.333 e. The Morgan fingerprint density at radius 3 is 2.25 bits per heavy atom. The Bertz CT molecular complexity index is 596. The molecule has 0 aromatic heterocycles. The lowest BCUT2D eigenvalue weighted by atomic mass is 10.1. The molecule has 1 aliphatic heterocycles. The predicted octanol–water partition coefficient (Wildman–Crippen LogP) is 3.63. The number of carbonyl (C=O) groups excluding carboxylic acids is 1. The largest absolute Gasteiger partial charge is 0.333 e. The molecule has 0 saturated carbocycles. The van der Waals surface area contributed by atoms with E-state index in [1.165, 1.54) is 16.7 Å². The molecule has 2 aromatic carbocycles. The lowest BCUT2D eigenvalue weighted by Gasteiger charge is -2.15. The van der Waals surface area contributed by atoms with Gasteiger partial charge in [0.1, 0.15) is 0 Å².